The van der Waals surface area contributed by atoms with Gasteiger partial charge in [0.2, 0.25) is 0 Å². The number of hydrogen-bond donors (Lipinski definition) is 1. The fraction of sp³-hybridized carbons (Fsp3) is 0.471. The van der Waals surface area contributed by atoms with E-state index < -0.39 is 0 Å². The molecule has 0 saturated heterocycles. The van der Waals surface area contributed by atoms with Crippen molar-refractivity contribution in [3.05, 3.63) is 46.3 Å². The number of aryl methyl sites for hydroxylation is 4. The number of nitrogens with zero attached hydrogens (tertiary/aromatic N) is 1. The summed E-state index contributed by atoms with van der Waals surface area (Å²) in [5.41, 5.74) is 6.18. The number of rotatable bonds is 6. The number of unbranched alkanes of at least 4 members (excludes halogenated alkanes) is 1. The monoisotopic (exact) mass is 308 g/mol. The van der Waals surface area contributed by atoms with Gasteiger partial charge in [-0.3, -0.25) is 5.10 Å². The quantitative estimate of drug-likeness (QED) is 0.800. The van der Waals surface area contributed by atoms with Gasteiger partial charge in [-0.15, -0.1) is 12.4 Å². The Balaban J connectivity index is 0.00000220. The Morgan fingerprint density at radius 1 is 1.00 bits per heavy atom. The molecule has 0 amide bonds. The Morgan fingerprint density at radius 2 is 1.67 bits per heavy atom. The smallest absolute Gasteiger partial charge is 0.119 e. The third-order valence-electron chi connectivity index (χ3n) is 3.57. The minimum atomic E-state index is 0. The number of benzene rings is 1. The fourth-order valence-electron chi connectivity index (χ4n) is 2.55. The van der Waals surface area contributed by atoms with Gasteiger partial charge in [0.15, 0.2) is 0 Å². The zero-order valence-corrected chi connectivity index (χ0v) is 14.1. The molecule has 0 aliphatic heterocycles. The van der Waals surface area contributed by atoms with Crippen LogP contribution in [0.5, 0.6) is 5.75 Å². The van der Waals surface area contributed by atoms with Crippen LogP contribution in [0.1, 0.15) is 40.9 Å². The highest BCUT2D eigenvalue weighted by Crippen LogP contribution is 2.17. The zero-order chi connectivity index (χ0) is 14.5. The predicted molar refractivity (Wildman–Crippen MR) is 89.7 cm³/mol. The molecule has 0 aliphatic rings. The molecule has 0 atom stereocenters. The molecule has 0 radical (unpaired) electrons. The number of hydrogen-bond acceptors (Lipinski definition) is 2. The van der Waals surface area contributed by atoms with Gasteiger partial charge in [-0.1, -0.05) is 6.07 Å². The molecule has 1 heterocycles. The van der Waals surface area contributed by atoms with E-state index in [2.05, 4.69) is 56.1 Å². The van der Waals surface area contributed by atoms with E-state index in [9.17, 15) is 0 Å². The third-order valence-corrected chi connectivity index (χ3v) is 3.57. The van der Waals surface area contributed by atoms with Crippen LogP contribution in [0.15, 0.2) is 18.2 Å². The van der Waals surface area contributed by atoms with Gasteiger partial charge in [-0.05, 0) is 75.8 Å². The standard InChI is InChI=1S/C17H24N2O.ClH/c1-12-9-13(2)11-16(10-12)20-8-6-5-7-17-14(3)18-19-15(17)4;/h9-11H,5-8H2,1-4H3,(H,18,19);1H. The highest BCUT2D eigenvalue weighted by Gasteiger charge is 2.05. The Bertz CT molecular complexity index is 538. The van der Waals surface area contributed by atoms with Crippen molar-refractivity contribution in [3.63, 3.8) is 0 Å². The van der Waals surface area contributed by atoms with Gasteiger partial charge in [-0.2, -0.15) is 5.10 Å². The number of halogens is 1. The molecule has 1 N–H and O–H groups in total. The summed E-state index contributed by atoms with van der Waals surface area (Å²) in [6.45, 7) is 9.12. The molecule has 116 valence electrons. The van der Waals surface area contributed by atoms with Crippen LogP contribution in [0.4, 0.5) is 0 Å². The summed E-state index contributed by atoms with van der Waals surface area (Å²) in [5, 5.41) is 7.26. The second kappa shape index (κ2) is 8.08. The highest BCUT2D eigenvalue weighted by atomic mass is 35.5. The lowest BCUT2D eigenvalue weighted by Crippen LogP contribution is -1.99. The number of aromatic amines is 1. The van der Waals surface area contributed by atoms with Crippen molar-refractivity contribution in [1.82, 2.24) is 10.2 Å². The second-order valence-corrected chi connectivity index (χ2v) is 5.54. The van der Waals surface area contributed by atoms with E-state index >= 15 is 0 Å². The maximum absolute atomic E-state index is 5.82. The second-order valence-electron chi connectivity index (χ2n) is 5.54. The maximum Gasteiger partial charge on any atom is 0.119 e. The predicted octanol–water partition coefficient (Wildman–Crippen LogP) is 4.47. The Labute approximate surface area is 133 Å². The summed E-state index contributed by atoms with van der Waals surface area (Å²) < 4.78 is 5.82. The van der Waals surface area contributed by atoms with E-state index in [-0.39, 0.29) is 12.4 Å². The minimum Gasteiger partial charge on any atom is -0.494 e. The molecule has 0 spiro atoms. The Hall–Kier alpha value is -1.48. The molecule has 2 rings (SSSR count). The largest absolute Gasteiger partial charge is 0.494 e. The van der Waals surface area contributed by atoms with E-state index in [1.165, 1.54) is 22.4 Å². The Kier molecular flexibility index (Phi) is 6.76. The first-order valence-corrected chi connectivity index (χ1v) is 7.28. The van der Waals surface area contributed by atoms with E-state index in [0.717, 1.165) is 37.3 Å². The van der Waals surface area contributed by atoms with Crippen molar-refractivity contribution < 1.29 is 4.74 Å². The molecule has 4 heteroatoms. The number of nitrogens with one attached hydrogen (secondary N) is 1. The molecule has 1 aromatic carbocycles. The van der Waals surface area contributed by atoms with Crippen molar-refractivity contribution in [2.45, 2.75) is 47.0 Å². The van der Waals surface area contributed by atoms with Gasteiger partial charge < -0.3 is 4.74 Å². The lowest BCUT2D eigenvalue weighted by atomic mass is 10.1. The van der Waals surface area contributed by atoms with Crippen molar-refractivity contribution in [1.29, 1.82) is 0 Å². The van der Waals surface area contributed by atoms with E-state index in [4.69, 9.17) is 4.74 Å². The molecule has 2 aromatic rings. The van der Waals surface area contributed by atoms with Crippen LogP contribution >= 0.6 is 12.4 Å². The van der Waals surface area contributed by atoms with Crippen molar-refractivity contribution in [2.75, 3.05) is 6.61 Å². The first-order chi connectivity index (χ1) is 9.56. The van der Waals surface area contributed by atoms with E-state index in [1.807, 2.05) is 0 Å². The number of H-pyrrole nitrogens is 1. The maximum atomic E-state index is 5.82. The summed E-state index contributed by atoms with van der Waals surface area (Å²) >= 11 is 0. The highest BCUT2D eigenvalue weighted by molar-refractivity contribution is 5.85. The van der Waals surface area contributed by atoms with Gasteiger partial charge >= 0.3 is 0 Å². The minimum absolute atomic E-state index is 0. The SMILES string of the molecule is Cc1cc(C)cc(OCCCCc2c(C)n[nH]c2C)c1.Cl. The fourth-order valence-corrected chi connectivity index (χ4v) is 2.55. The van der Waals surface area contributed by atoms with Crippen molar-refractivity contribution in [2.24, 2.45) is 0 Å². The van der Waals surface area contributed by atoms with Crippen LogP contribution in [0.25, 0.3) is 0 Å². The van der Waals surface area contributed by atoms with Gasteiger partial charge in [0.05, 0.1) is 12.3 Å². The zero-order valence-electron chi connectivity index (χ0n) is 13.3. The van der Waals surface area contributed by atoms with Crippen LogP contribution in [0.3, 0.4) is 0 Å². The van der Waals surface area contributed by atoms with Gasteiger partial charge in [-0.25, -0.2) is 0 Å². The average Bonchev–Trinajstić information content (AvgIpc) is 2.68. The molecule has 0 unspecified atom stereocenters. The number of ether oxygens (including phenoxy) is 1. The summed E-state index contributed by atoms with van der Waals surface area (Å²) in [4.78, 5) is 0. The van der Waals surface area contributed by atoms with E-state index in [1.54, 1.807) is 0 Å². The van der Waals surface area contributed by atoms with Gasteiger partial charge in [0.1, 0.15) is 5.75 Å². The molecule has 0 fully saturated rings. The molecular weight excluding hydrogens is 284 g/mol. The van der Waals surface area contributed by atoms with Crippen molar-refractivity contribution >= 4 is 12.4 Å². The first kappa shape index (κ1) is 17.6. The Morgan fingerprint density at radius 3 is 2.24 bits per heavy atom. The van der Waals surface area contributed by atoms with E-state index in [0.29, 0.717) is 0 Å². The lowest BCUT2D eigenvalue weighted by Gasteiger charge is -2.08. The van der Waals surface area contributed by atoms with Gasteiger partial charge in [0, 0.05) is 5.69 Å². The van der Waals surface area contributed by atoms with Crippen LogP contribution in [-0.2, 0) is 6.42 Å². The average molecular weight is 309 g/mol. The molecule has 0 bridgehead atoms. The molecule has 0 aliphatic carbocycles. The molecule has 0 saturated carbocycles. The number of aromatic nitrogens is 2. The van der Waals surface area contributed by atoms with Crippen LogP contribution in [0.2, 0.25) is 0 Å². The van der Waals surface area contributed by atoms with Crippen LogP contribution in [0, 0.1) is 27.7 Å². The molecule has 1 aromatic heterocycles. The van der Waals surface area contributed by atoms with Crippen molar-refractivity contribution in [3.8, 4) is 5.75 Å². The summed E-state index contributed by atoms with van der Waals surface area (Å²) in [6.07, 6.45) is 3.27. The third kappa shape index (κ3) is 5.09. The normalized spacial score (nSPS) is 10.3. The van der Waals surface area contributed by atoms with Gasteiger partial charge in [0.25, 0.3) is 0 Å². The lowest BCUT2D eigenvalue weighted by molar-refractivity contribution is 0.306. The molecule has 3 nitrogen and oxygen atoms in total. The molecular formula is C17H25ClN2O. The first-order valence-electron chi connectivity index (χ1n) is 7.28. The van der Waals surface area contributed by atoms with Crippen LogP contribution < -0.4 is 4.74 Å². The summed E-state index contributed by atoms with van der Waals surface area (Å²) in [6, 6.07) is 6.35. The van der Waals surface area contributed by atoms with Crippen LogP contribution in [-0.4, -0.2) is 16.8 Å². The summed E-state index contributed by atoms with van der Waals surface area (Å²) in [5.74, 6) is 0.984. The topological polar surface area (TPSA) is 37.9 Å². The summed E-state index contributed by atoms with van der Waals surface area (Å²) in [7, 11) is 0. The molecule has 21 heavy (non-hydrogen) atoms.